The van der Waals surface area contributed by atoms with Crippen LogP contribution < -0.4 is 0 Å². The molecule has 0 aromatic rings. The molecule has 1 heterocycles. The molecule has 100 valence electrons. The number of carbonyl (C=O) groups is 1. The fourth-order valence-corrected chi connectivity index (χ4v) is 2.67. The van der Waals surface area contributed by atoms with E-state index in [2.05, 4.69) is 15.4 Å². The molecule has 0 bridgehead atoms. The van der Waals surface area contributed by atoms with Crippen LogP contribution >= 0.6 is 0 Å². The average Bonchev–Trinajstić information content (AvgIpc) is 2.86. The van der Waals surface area contributed by atoms with Gasteiger partial charge in [-0.1, -0.05) is 24.3 Å². The van der Waals surface area contributed by atoms with E-state index in [1.54, 1.807) is 6.08 Å². The monoisotopic (exact) mass is 267 g/mol. The van der Waals surface area contributed by atoms with Crippen LogP contribution in [0, 0.1) is 5.41 Å². The summed E-state index contributed by atoms with van der Waals surface area (Å²) in [5, 5.41) is 11.6. The van der Waals surface area contributed by atoms with E-state index in [0.717, 1.165) is 24.8 Å². The Labute approximate surface area is 116 Å². The van der Waals surface area contributed by atoms with Crippen molar-refractivity contribution in [2.45, 2.75) is 25.4 Å². The van der Waals surface area contributed by atoms with Crippen LogP contribution in [0.15, 0.2) is 63.2 Å². The van der Waals surface area contributed by atoms with Gasteiger partial charge in [0.15, 0.2) is 0 Å². The maximum Gasteiger partial charge on any atom is 0.324 e. The van der Waals surface area contributed by atoms with Gasteiger partial charge in [-0.05, 0) is 42.2 Å². The van der Waals surface area contributed by atoms with E-state index in [1.807, 2.05) is 30.4 Å². The Morgan fingerprint density at radius 3 is 3.05 bits per heavy atom. The number of esters is 1. The molecule has 1 unspecified atom stereocenters. The smallest absolute Gasteiger partial charge is 0.324 e. The zero-order valence-corrected chi connectivity index (χ0v) is 10.8. The van der Waals surface area contributed by atoms with Crippen molar-refractivity contribution in [1.29, 1.82) is 0 Å². The van der Waals surface area contributed by atoms with Gasteiger partial charge in [-0.25, -0.2) is 0 Å². The van der Waals surface area contributed by atoms with Crippen LogP contribution in [-0.4, -0.2) is 17.8 Å². The fourth-order valence-electron chi connectivity index (χ4n) is 2.67. The minimum atomic E-state index is -0.873. The van der Waals surface area contributed by atoms with Crippen molar-refractivity contribution in [1.82, 2.24) is 0 Å². The van der Waals surface area contributed by atoms with Gasteiger partial charge in [0.2, 0.25) is 0 Å². The van der Waals surface area contributed by atoms with Gasteiger partial charge >= 0.3 is 5.97 Å². The number of rotatable bonds is 2. The van der Waals surface area contributed by atoms with Crippen LogP contribution in [0.2, 0.25) is 0 Å². The third-order valence-electron chi connectivity index (χ3n) is 4.11. The summed E-state index contributed by atoms with van der Waals surface area (Å²) >= 11 is 0. The molecular weight excluding hydrogens is 254 g/mol. The second kappa shape index (κ2) is 4.10. The van der Waals surface area contributed by atoms with Gasteiger partial charge < -0.3 is 4.74 Å². The first-order valence-corrected chi connectivity index (χ1v) is 6.79. The molecule has 1 saturated carbocycles. The average molecular weight is 267 g/mol. The molecule has 1 aliphatic heterocycles. The first-order valence-electron chi connectivity index (χ1n) is 6.79. The lowest BCUT2D eigenvalue weighted by atomic mass is 9.73. The molecule has 5 nitrogen and oxygen atoms in total. The molecule has 0 N–H and O–H groups in total. The van der Waals surface area contributed by atoms with E-state index >= 15 is 0 Å². The van der Waals surface area contributed by atoms with E-state index in [0.29, 0.717) is 11.4 Å². The largest absolute Gasteiger partial charge is 0.461 e. The first kappa shape index (κ1) is 11.5. The zero-order chi connectivity index (χ0) is 13.6. The van der Waals surface area contributed by atoms with Crippen LogP contribution in [0.25, 0.3) is 0 Å². The summed E-state index contributed by atoms with van der Waals surface area (Å²) in [4.78, 5) is 12.6. The topological polar surface area (TPSA) is 63.4 Å². The Morgan fingerprint density at radius 2 is 2.25 bits per heavy atom. The van der Waals surface area contributed by atoms with Gasteiger partial charge in [0.25, 0.3) is 0 Å². The van der Waals surface area contributed by atoms with E-state index in [-0.39, 0.29) is 12.1 Å². The van der Waals surface area contributed by atoms with Crippen molar-refractivity contribution in [2.75, 3.05) is 0 Å². The third kappa shape index (κ3) is 1.56. The lowest BCUT2D eigenvalue weighted by molar-refractivity contribution is -0.158. The van der Waals surface area contributed by atoms with Crippen LogP contribution in [0.5, 0.6) is 0 Å². The molecule has 5 heteroatoms. The molecule has 20 heavy (non-hydrogen) atoms. The lowest BCUT2D eigenvalue weighted by Gasteiger charge is -2.34. The summed E-state index contributed by atoms with van der Waals surface area (Å²) in [5.74, 6) is -0.234. The summed E-state index contributed by atoms with van der Waals surface area (Å²) in [5.41, 5.74) is 1.33. The molecule has 0 saturated heterocycles. The Morgan fingerprint density at radius 1 is 1.35 bits per heavy atom. The summed E-state index contributed by atoms with van der Waals surface area (Å²) in [6.07, 6.45) is 14.3. The van der Waals surface area contributed by atoms with Crippen LogP contribution in [0.1, 0.15) is 19.3 Å². The van der Waals surface area contributed by atoms with Crippen LogP contribution in [0.4, 0.5) is 0 Å². The summed E-state index contributed by atoms with van der Waals surface area (Å²) in [6, 6.07) is 0. The molecular formula is C15H13N3O2. The standard InChI is InChI=1S/C15H13N3O2/c19-14(20-11-5-3-6-11)15-7-2-1-4-10(15)8-12-13(9-15)17-18-16-12/h1-2,4,7-9,11H,3,5-6H2. The van der Waals surface area contributed by atoms with Gasteiger partial charge in [-0.2, -0.15) is 0 Å². The van der Waals surface area contributed by atoms with E-state index in [9.17, 15) is 4.79 Å². The number of ether oxygens (including phenoxy) is 1. The highest BCUT2D eigenvalue weighted by atomic mass is 16.5. The predicted molar refractivity (Wildman–Crippen MR) is 72.9 cm³/mol. The van der Waals surface area contributed by atoms with E-state index in [4.69, 9.17) is 4.74 Å². The number of carbonyl (C=O) groups excluding carboxylic acids is 1. The Hall–Kier alpha value is -2.30. The lowest BCUT2D eigenvalue weighted by Crippen LogP contribution is -2.38. The van der Waals surface area contributed by atoms with Crippen molar-refractivity contribution in [3.8, 4) is 0 Å². The maximum atomic E-state index is 12.6. The Balaban J connectivity index is 1.74. The van der Waals surface area contributed by atoms with Crippen molar-refractivity contribution in [2.24, 2.45) is 20.9 Å². The van der Waals surface area contributed by atoms with Gasteiger partial charge in [0.05, 0.1) is 0 Å². The highest BCUT2D eigenvalue weighted by Crippen LogP contribution is 2.42. The molecule has 4 rings (SSSR count). The van der Waals surface area contributed by atoms with Gasteiger partial charge in [-0.3, -0.25) is 4.79 Å². The van der Waals surface area contributed by atoms with Crippen LogP contribution in [0.3, 0.4) is 0 Å². The van der Waals surface area contributed by atoms with Crippen molar-refractivity contribution < 1.29 is 9.53 Å². The first-order chi connectivity index (χ1) is 9.78. The maximum absolute atomic E-state index is 12.6. The fraction of sp³-hybridized carbons (Fsp3) is 0.333. The zero-order valence-electron chi connectivity index (χ0n) is 10.8. The molecule has 0 aromatic carbocycles. The molecule has 4 aliphatic rings. The van der Waals surface area contributed by atoms with Gasteiger partial charge in [0, 0.05) is 0 Å². The Bertz CT molecular complexity index is 663. The highest BCUT2D eigenvalue weighted by molar-refractivity contribution is 6.12. The van der Waals surface area contributed by atoms with Gasteiger partial charge in [-0.15, -0.1) is 10.2 Å². The van der Waals surface area contributed by atoms with Crippen LogP contribution in [-0.2, 0) is 9.53 Å². The minimum absolute atomic E-state index is 0.0658. The normalized spacial score (nSPS) is 29.9. The number of allylic oxidation sites excluding steroid dienone is 4. The molecule has 3 aliphatic carbocycles. The third-order valence-corrected chi connectivity index (χ3v) is 4.11. The van der Waals surface area contributed by atoms with Gasteiger partial charge in [0.1, 0.15) is 22.9 Å². The molecule has 1 fully saturated rings. The van der Waals surface area contributed by atoms with E-state index < -0.39 is 5.41 Å². The number of fused-ring (bicyclic) bond motifs is 2. The summed E-state index contributed by atoms with van der Waals surface area (Å²) in [7, 11) is 0. The molecule has 0 spiro atoms. The summed E-state index contributed by atoms with van der Waals surface area (Å²) < 4.78 is 5.61. The van der Waals surface area contributed by atoms with Crippen molar-refractivity contribution in [3.63, 3.8) is 0 Å². The highest BCUT2D eigenvalue weighted by Gasteiger charge is 2.44. The molecule has 0 aromatic heterocycles. The SMILES string of the molecule is O=C(OC1CCC1)C12C=CC=CC1=CC1=NN=NC1=C2. The number of hydrogen-bond acceptors (Lipinski definition) is 5. The van der Waals surface area contributed by atoms with Crippen molar-refractivity contribution in [3.05, 3.63) is 47.7 Å². The molecule has 1 atom stereocenters. The van der Waals surface area contributed by atoms with E-state index in [1.165, 1.54) is 0 Å². The molecule has 0 amide bonds. The second-order valence-corrected chi connectivity index (χ2v) is 5.35. The van der Waals surface area contributed by atoms with Crippen molar-refractivity contribution >= 4 is 11.7 Å². The quantitative estimate of drug-likeness (QED) is 0.722. The molecule has 0 radical (unpaired) electrons. The minimum Gasteiger partial charge on any atom is -0.461 e. The number of nitrogens with zero attached hydrogens (tertiary/aromatic N) is 3. The predicted octanol–water partition coefficient (Wildman–Crippen LogP) is 2.84. The Kier molecular flexibility index (Phi) is 2.36. The second-order valence-electron chi connectivity index (χ2n) is 5.35. The summed E-state index contributed by atoms with van der Waals surface area (Å²) in [6.45, 7) is 0. The number of hydrogen-bond donors (Lipinski definition) is 0.